The van der Waals surface area contributed by atoms with E-state index in [0.29, 0.717) is 6.54 Å². The van der Waals surface area contributed by atoms with E-state index in [-0.39, 0.29) is 17.9 Å². The van der Waals surface area contributed by atoms with Crippen LogP contribution >= 0.6 is 0 Å². The Morgan fingerprint density at radius 2 is 2.17 bits per heavy atom. The third-order valence-electron chi connectivity index (χ3n) is 1.57. The minimum absolute atomic E-state index is 0.00481. The van der Waals surface area contributed by atoms with Crippen molar-refractivity contribution in [3.05, 3.63) is 0 Å². The van der Waals surface area contributed by atoms with Crippen molar-refractivity contribution in [3.63, 3.8) is 0 Å². The van der Waals surface area contributed by atoms with Gasteiger partial charge in [0, 0.05) is 12.5 Å². The van der Waals surface area contributed by atoms with Crippen LogP contribution in [0.25, 0.3) is 0 Å². The Morgan fingerprint density at radius 1 is 1.58 bits per heavy atom. The van der Waals surface area contributed by atoms with E-state index in [1.807, 2.05) is 14.0 Å². The number of hydrogen-bond donors (Lipinski definition) is 2. The second kappa shape index (κ2) is 5.62. The zero-order chi connectivity index (χ0) is 9.56. The van der Waals surface area contributed by atoms with Gasteiger partial charge in [0.05, 0.1) is 6.04 Å². The van der Waals surface area contributed by atoms with E-state index in [1.165, 1.54) is 0 Å². The Kier molecular flexibility index (Phi) is 5.14. The highest BCUT2D eigenvalue weighted by Crippen LogP contribution is 1.92. The van der Waals surface area contributed by atoms with Crippen LogP contribution in [0.5, 0.6) is 0 Å². The van der Waals surface area contributed by atoms with E-state index in [1.54, 1.807) is 6.92 Å². The number of carbonyl (C=O) groups excluding carboxylic acids is 1. The number of carbonyl (C=O) groups is 1. The molecule has 3 heteroatoms. The zero-order valence-electron chi connectivity index (χ0n) is 7.85. The van der Waals surface area contributed by atoms with Crippen molar-refractivity contribution in [1.82, 2.24) is 10.6 Å². The average Bonchev–Trinajstić information content (AvgIpc) is 2.04. The molecule has 0 saturated carbocycles. The van der Waals surface area contributed by atoms with Crippen LogP contribution in [0.4, 0.5) is 0 Å². The number of terminal acetylenes is 1. The van der Waals surface area contributed by atoms with Gasteiger partial charge in [0.15, 0.2) is 0 Å². The molecule has 0 spiro atoms. The van der Waals surface area contributed by atoms with Crippen LogP contribution in [-0.2, 0) is 4.79 Å². The van der Waals surface area contributed by atoms with Crippen molar-refractivity contribution in [1.29, 1.82) is 0 Å². The Bertz CT molecular complexity index is 183. The molecule has 12 heavy (non-hydrogen) atoms. The predicted octanol–water partition coefficient (Wildman–Crippen LogP) is -0.0202. The summed E-state index contributed by atoms with van der Waals surface area (Å²) in [6, 6.07) is -0.184. The van der Waals surface area contributed by atoms with Crippen LogP contribution < -0.4 is 10.6 Å². The van der Waals surface area contributed by atoms with Gasteiger partial charge in [-0.3, -0.25) is 4.79 Å². The smallest absolute Gasteiger partial charge is 0.225 e. The molecule has 0 aliphatic rings. The Labute approximate surface area is 73.9 Å². The Morgan fingerprint density at radius 3 is 2.58 bits per heavy atom. The molecular formula is C9H16N2O. The first kappa shape index (κ1) is 11.0. The summed E-state index contributed by atoms with van der Waals surface area (Å²) in [6.45, 7) is 4.31. The van der Waals surface area contributed by atoms with Gasteiger partial charge in [-0.25, -0.2) is 0 Å². The quantitative estimate of drug-likeness (QED) is 0.579. The first-order chi connectivity index (χ1) is 5.61. The minimum Gasteiger partial charge on any atom is -0.342 e. The van der Waals surface area contributed by atoms with Crippen LogP contribution in [0, 0.1) is 18.3 Å². The molecule has 3 nitrogen and oxygen atoms in total. The van der Waals surface area contributed by atoms with Crippen molar-refractivity contribution in [2.24, 2.45) is 5.92 Å². The largest absolute Gasteiger partial charge is 0.342 e. The standard InChI is InChI=1S/C9H16N2O/c1-5-8(3)11-9(12)7(2)6-10-4/h1,7-8,10H,6H2,2-4H3,(H,11,12). The first-order valence-corrected chi connectivity index (χ1v) is 4.03. The molecule has 0 radical (unpaired) electrons. The van der Waals surface area contributed by atoms with Crippen LogP contribution in [0.3, 0.4) is 0 Å². The van der Waals surface area contributed by atoms with Crippen molar-refractivity contribution >= 4 is 5.91 Å². The van der Waals surface area contributed by atoms with Gasteiger partial charge < -0.3 is 10.6 Å². The lowest BCUT2D eigenvalue weighted by molar-refractivity contribution is -0.124. The summed E-state index contributed by atoms with van der Waals surface area (Å²) in [6.07, 6.45) is 5.11. The lowest BCUT2D eigenvalue weighted by Gasteiger charge is -2.13. The van der Waals surface area contributed by atoms with Gasteiger partial charge in [-0.2, -0.15) is 0 Å². The van der Waals surface area contributed by atoms with Crippen molar-refractivity contribution in [3.8, 4) is 12.3 Å². The number of amides is 1. The van der Waals surface area contributed by atoms with Crippen molar-refractivity contribution in [2.45, 2.75) is 19.9 Å². The third-order valence-corrected chi connectivity index (χ3v) is 1.57. The predicted molar refractivity (Wildman–Crippen MR) is 49.5 cm³/mol. The second-order valence-corrected chi connectivity index (χ2v) is 2.86. The topological polar surface area (TPSA) is 41.1 Å². The van der Waals surface area contributed by atoms with Crippen molar-refractivity contribution in [2.75, 3.05) is 13.6 Å². The van der Waals surface area contributed by atoms with E-state index in [4.69, 9.17) is 6.42 Å². The Balaban J connectivity index is 3.80. The highest BCUT2D eigenvalue weighted by molar-refractivity contribution is 5.79. The fraction of sp³-hybridized carbons (Fsp3) is 0.667. The maximum atomic E-state index is 11.3. The molecule has 0 bridgehead atoms. The maximum absolute atomic E-state index is 11.3. The molecule has 0 rings (SSSR count). The van der Waals surface area contributed by atoms with Gasteiger partial charge >= 0.3 is 0 Å². The van der Waals surface area contributed by atoms with Crippen LogP contribution in [0.2, 0.25) is 0 Å². The van der Waals surface area contributed by atoms with Gasteiger partial charge in [-0.15, -0.1) is 6.42 Å². The van der Waals surface area contributed by atoms with Crippen LogP contribution in [-0.4, -0.2) is 25.5 Å². The molecule has 0 fully saturated rings. The number of rotatable bonds is 4. The molecule has 0 aromatic carbocycles. The second-order valence-electron chi connectivity index (χ2n) is 2.86. The third kappa shape index (κ3) is 3.99. The molecular weight excluding hydrogens is 152 g/mol. The summed E-state index contributed by atoms with van der Waals surface area (Å²) in [5.74, 6) is 2.40. The molecule has 0 heterocycles. The average molecular weight is 168 g/mol. The molecule has 0 aliphatic carbocycles. The van der Waals surface area contributed by atoms with Gasteiger partial charge in [-0.1, -0.05) is 12.8 Å². The van der Waals surface area contributed by atoms with Gasteiger partial charge in [0.1, 0.15) is 0 Å². The number of nitrogens with one attached hydrogen (secondary N) is 2. The molecule has 2 unspecified atom stereocenters. The SMILES string of the molecule is C#CC(C)NC(=O)C(C)CNC. The van der Waals surface area contributed by atoms with E-state index < -0.39 is 0 Å². The van der Waals surface area contributed by atoms with Gasteiger partial charge in [0.2, 0.25) is 5.91 Å². The fourth-order valence-corrected chi connectivity index (χ4v) is 0.796. The molecule has 68 valence electrons. The summed E-state index contributed by atoms with van der Waals surface area (Å²) >= 11 is 0. The summed E-state index contributed by atoms with van der Waals surface area (Å²) in [7, 11) is 1.81. The highest BCUT2D eigenvalue weighted by Gasteiger charge is 2.12. The molecule has 2 N–H and O–H groups in total. The molecule has 0 aromatic rings. The van der Waals surface area contributed by atoms with Gasteiger partial charge in [-0.05, 0) is 14.0 Å². The molecule has 0 aromatic heterocycles. The van der Waals surface area contributed by atoms with Crippen LogP contribution in [0.15, 0.2) is 0 Å². The lowest BCUT2D eigenvalue weighted by atomic mass is 10.1. The minimum atomic E-state index is -0.184. The monoisotopic (exact) mass is 168 g/mol. The first-order valence-electron chi connectivity index (χ1n) is 4.03. The fourth-order valence-electron chi connectivity index (χ4n) is 0.796. The van der Waals surface area contributed by atoms with Gasteiger partial charge in [0.25, 0.3) is 0 Å². The molecule has 1 amide bonds. The van der Waals surface area contributed by atoms with Crippen molar-refractivity contribution < 1.29 is 4.79 Å². The van der Waals surface area contributed by atoms with Crippen LogP contribution in [0.1, 0.15) is 13.8 Å². The molecule has 2 atom stereocenters. The summed E-state index contributed by atoms with van der Waals surface area (Å²) in [4.78, 5) is 11.3. The summed E-state index contributed by atoms with van der Waals surface area (Å²) in [5, 5.41) is 5.63. The normalized spacial score (nSPS) is 14.5. The van der Waals surface area contributed by atoms with E-state index >= 15 is 0 Å². The zero-order valence-corrected chi connectivity index (χ0v) is 7.85. The maximum Gasteiger partial charge on any atom is 0.225 e. The van der Waals surface area contributed by atoms with E-state index in [0.717, 1.165) is 0 Å². The summed E-state index contributed by atoms with van der Waals surface area (Å²) in [5.41, 5.74) is 0. The van der Waals surface area contributed by atoms with E-state index in [2.05, 4.69) is 16.6 Å². The Hall–Kier alpha value is -1.01. The lowest BCUT2D eigenvalue weighted by Crippen LogP contribution is -2.38. The number of hydrogen-bond acceptors (Lipinski definition) is 2. The summed E-state index contributed by atoms with van der Waals surface area (Å²) < 4.78 is 0. The van der Waals surface area contributed by atoms with E-state index in [9.17, 15) is 4.79 Å². The molecule has 0 saturated heterocycles. The highest BCUT2D eigenvalue weighted by atomic mass is 16.1. The molecule has 0 aliphatic heterocycles.